The molecule has 0 aliphatic carbocycles. The highest BCUT2D eigenvalue weighted by Crippen LogP contribution is 2.15. The van der Waals surface area contributed by atoms with E-state index < -0.39 is 0 Å². The molecule has 1 aliphatic heterocycles. The second kappa shape index (κ2) is 7.77. The van der Waals surface area contributed by atoms with Crippen LogP contribution in [-0.2, 0) is 22.6 Å². The molecule has 1 saturated heterocycles. The fourth-order valence-corrected chi connectivity index (χ4v) is 3.50. The molecular weight excluding hydrogens is 312 g/mol. The van der Waals surface area contributed by atoms with Crippen molar-refractivity contribution in [3.63, 3.8) is 0 Å². The molecule has 3 rings (SSSR count). The monoisotopic (exact) mass is 334 g/mol. The van der Waals surface area contributed by atoms with Crippen LogP contribution < -0.4 is 0 Å². The van der Waals surface area contributed by atoms with Crippen LogP contribution in [0.15, 0.2) is 40.3 Å². The van der Waals surface area contributed by atoms with Crippen molar-refractivity contribution in [2.24, 2.45) is 0 Å². The highest BCUT2D eigenvalue weighted by molar-refractivity contribution is 7.09. The number of hydrogen-bond acceptors (Lipinski definition) is 5. The largest absolute Gasteiger partial charge is 0.468 e. The summed E-state index contributed by atoms with van der Waals surface area (Å²) in [5, 5.41) is 2.06. The summed E-state index contributed by atoms with van der Waals surface area (Å²) in [4.78, 5) is 17.9. The normalized spacial score (nSPS) is 18.5. The molecule has 1 fully saturated rings. The quantitative estimate of drug-likeness (QED) is 0.815. The molecule has 0 N–H and O–H groups in total. The van der Waals surface area contributed by atoms with E-state index in [9.17, 15) is 4.79 Å². The summed E-state index contributed by atoms with van der Waals surface area (Å²) in [5.74, 6) is 1.04. The lowest BCUT2D eigenvalue weighted by Gasteiger charge is -2.32. The molecule has 2 aromatic heterocycles. The van der Waals surface area contributed by atoms with Gasteiger partial charge in [0, 0.05) is 24.5 Å². The molecule has 23 heavy (non-hydrogen) atoms. The van der Waals surface area contributed by atoms with E-state index in [1.165, 1.54) is 4.88 Å². The van der Waals surface area contributed by atoms with E-state index in [-0.39, 0.29) is 12.0 Å². The number of nitrogens with zero attached hydrogens (tertiary/aromatic N) is 2. The minimum Gasteiger partial charge on any atom is -0.468 e. The van der Waals surface area contributed by atoms with Crippen molar-refractivity contribution in [2.45, 2.75) is 26.1 Å². The van der Waals surface area contributed by atoms with Crippen LogP contribution in [0, 0.1) is 0 Å². The standard InChI is InChI=1S/C17H22N2O3S/c1-14-10-19(6-8-21-14)17(20)13-18(11-15-4-2-7-22-15)12-16-5-3-9-23-16/h2-5,7,9,14H,6,8,10-13H2,1H3. The minimum atomic E-state index is 0.114. The molecule has 1 unspecified atom stereocenters. The molecule has 5 nitrogen and oxygen atoms in total. The van der Waals surface area contributed by atoms with Gasteiger partial charge in [-0.3, -0.25) is 9.69 Å². The summed E-state index contributed by atoms with van der Waals surface area (Å²) in [5.41, 5.74) is 0. The maximum atomic E-state index is 12.6. The van der Waals surface area contributed by atoms with Crippen LogP contribution in [0.2, 0.25) is 0 Å². The smallest absolute Gasteiger partial charge is 0.236 e. The summed E-state index contributed by atoms with van der Waals surface area (Å²) < 4.78 is 11.0. The van der Waals surface area contributed by atoms with Gasteiger partial charge in [0.15, 0.2) is 0 Å². The fourth-order valence-electron chi connectivity index (χ4n) is 2.75. The Hall–Kier alpha value is -1.63. The highest BCUT2D eigenvalue weighted by Gasteiger charge is 2.23. The number of furan rings is 1. The SMILES string of the molecule is CC1CN(C(=O)CN(Cc2ccco2)Cc2cccs2)CCO1. The number of rotatable bonds is 6. The van der Waals surface area contributed by atoms with E-state index in [1.807, 2.05) is 30.0 Å². The average Bonchev–Trinajstić information content (AvgIpc) is 3.21. The van der Waals surface area contributed by atoms with Crippen molar-refractivity contribution in [1.82, 2.24) is 9.80 Å². The molecule has 0 bridgehead atoms. The van der Waals surface area contributed by atoms with Gasteiger partial charge in [-0.05, 0) is 30.5 Å². The molecule has 0 radical (unpaired) electrons. The number of thiophene rings is 1. The van der Waals surface area contributed by atoms with E-state index in [1.54, 1.807) is 17.6 Å². The Bertz CT molecular complexity index is 561. The van der Waals surface area contributed by atoms with Gasteiger partial charge in [-0.2, -0.15) is 0 Å². The topological polar surface area (TPSA) is 45.9 Å². The Morgan fingerprint density at radius 1 is 1.39 bits per heavy atom. The van der Waals surface area contributed by atoms with Crippen molar-refractivity contribution in [3.05, 3.63) is 46.5 Å². The lowest BCUT2D eigenvalue weighted by molar-refractivity contribution is -0.139. The molecule has 0 aromatic carbocycles. The zero-order valence-electron chi connectivity index (χ0n) is 13.3. The maximum absolute atomic E-state index is 12.6. The van der Waals surface area contributed by atoms with Gasteiger partial charge in [-0.1, -0.05) is 6.07 Å². The molecule has 3 heterocycles. The minimum absolute atomic E-state index is 0.114. The van der Waals surface area contributed by atoms with Gasteiger partial charge in [0.05, 0.1) is 32.1 Å². The zero-order valence-corrected chi connectivity index (χ0v) is 14.1. The molecule has 1 aliphatic rings. The first-order valence-corrected chi connectivity index (χ1v) is 8.75. The van der Waals surface area contributed by atoms with Crippen molar-refractivity contribution in [1.29, 1.82) is 0 Å². The number of carbonyl (C=O) groups is 1. The third-order valence-corrected chi connectivity index (χ3v) is 4.73. The van der Waals surface area contributed by atoms with Crippen LogP contribution >= 0.6 is 11.3 Å². The predicted molar refractivity (Wildman–Crippen MR) is 89.1 cm³/mol. The van der Waals surface area contributed by atoms with Gasteiger partial charge < -0.3 is 14.1 Å². The Morgan fingerprint density at radius 3 is 3.00 bits per heavy atom. The second-order valence-electron chi connectivity index (χ2n) is 5.83. The van der Waals surface area contributed by atoms with Gasteiger partial charge in [0.25, 0.3) is 0 Å². The van der Waals surface area contributed by atoms with Gasteiger partial charge in [0.1, 0.15) is 5.76 Å². The van der Waals surface area contributed by atoms with E-state index >= 15 is 0 Å². The Labute approximate surface area is 140 Å². The van der Waals surface area contributed by atoms with Crippen LogP contribution in [0.4, 0.5) is 0 Å². The van der Waals surface area contributed by atoms with Crippen LogP contribution in [0.5, 0.6) is 0 Å². The molecule has 6 heteroatoms. The van der Waals surface area contributed by atoms with Crippen molar-refractivity contribution in [2.75, 3.05) is 26.2 Å². The van der Waals surface area contributed by atoms with Gasteiger partial charge in [0.2, 0.25) is 5.91 Å². The lowest BCUT2D eigenvalue weighted by Crippen LogP contribution is -2.48. The number of ether oxygens (including phenoxy) is 1. The molecule has 0 saturated carbocycles. The molecule has 2 aromatic rings. The molecule has 1 atom stereocenters. The van der Waals surface area contributed by atoms with Crippen LogP contribution in [-0.4, -0.2) is 48.1 Å². The number of amides is 1. The van der Waals surface area contributed by atoms with Crippen LogP contribution in [0.1, 0.15) is 17.6 Å². The van der Waals surface area contributed by atoms with Crippen LogP contribution in [0.3, 0.4) is 0 Å². The number of morpholine rings is 1. The van der Waals surface area contributed by atoms with Gasteiger partial charge >= 0.3 is 0 Å². The van der Waals surface area contributed by atoms with Crippen molar-refractivity contribution < 1.29 is 13.9 Å². The summed E-state index contributed by atoms with van der Waals surface area (Å²) >= 11 is 1.71. The first kappa shape index (κ1) is 16.2. The second-order valence-corrected chi connectivity index (χ2v) is 6.86. The maximum Gasteiger partial charge on any atom is 0.236 e. The van der Waals surface area contributed by atoms with E-state index in [0.717, 1.165) is 12.3 Å². The summed E-state index contributed by atoms with van der Waals surface area (Å²) in [6.45, 7) is 5.76. The predicted octanol–water partition coefficient (Wildman–Crippen LogP) is 2.59. The third kappa shape index (κ3) is 4.67. The Kier molecular flexibility index (Phi) is 5.48. The highest BCUT2D eigenvalue weighted by atomic mass is 32.1. The van der Waals surface area contributed by atoms with Crippen LogP contribution in [0.25, 0.3) is 0 Å². The summed E-state index contributed by atoms with van der Waals surface area (Å²) in [6, 6.07) is 7.96. The molecule has 1 amide bonds. The summed E-state index contributed by atoms with van der Waals surface area (Å²) in [6.07, 6.45) is 1.79. The van der Waals surface area contributed by atoms with E-state index in [2.05, 4.69) is 16.3 Å². The van der Waals surface area contributed by atoms with Crippen molar-refractivity contribution in [3.8, 4) is 0 Å². The summed E-state index contributed by atoms with van der Waals surface area (Å²) in [7, 11) is 0. The first-order chi connectivity index (χ1) is 11.2. The lowest BCUT2D eigenvalue weighted by atomic mass is 10.2. The zero-order chi connectivity index (χ0) is 16.1. The van der Waals surface area contributed by atoms with Crippen molar-refractivity contribution >= 4 is 17.2 Å². The average molecular weight is 334 g/mol. The van der Waals surface area contributed by atoms with Gasteiger partial charge in [-0.25, -0.2) is 0 Å². The fraction of sp³-hybridized carbons (Fsp3) is 0.471. The molecular formula is C17H22N2O3S. The first-order valence-electron chi connectivity index (χ1n) is 7.87. The third-order valence-electron chi connectivity index (χ3n) is 3.87. The molecule has 0 spiro atoms. The van der Waals surface area contributed by atoms with Gasteiger partial charge in [-0.15, -0.1) is 11.3 Å². The molecule has 124 valence electrons. The number of hydrogen-bond donors (Lipinski definition) is 0. The van der Waals surface area contributed by atoms with E-state index in [4.69, 9.17) is 9.15 Å². The Morgan fingerprint density at radius 2 is 2.30 bits per heavy atom. The van der Waals surface area contributed by atoms with E-state index in [0.29, 0.717) is 32.8 Å². The number of carbonyl (C=O) groups excluding carboxylic acids is 1. The Balaban J connectivity index is 1.63.